The number of nitrogens with two attached hydrogens (primary N) is 1. The van der Waals surface area contributed by atoms with Crippen LogP contribution in [-0.2, 0) is 32.7 Å². The maximum atomic E-state index is 12.6. The number of carbonyl (C=O) groups is 2. The van der Waals surface area contributed by atoms with Crippen molar-refractivity contribution >= 4 is 19.6 Å². The highest BCUT2D eigenvalue weighted by molar-refractivity contribution is 7.47. The Kier molecular flexibility index (Phi) is 17.6. The van der Waals surface area contributed by atoms with Crippen molar-refractivity contribution in [3.8, 4) is 0 Å². The summed E-state index contributed by atoms with van der Waals surface area (Å²) < 4.78 is 33.8. The van der Waals surface area contributed by atoms with Crippen LogP contribution in [0.3, 0.4) is 0 Å². The molecule has 15 nitrogen and oxygen atoms in total. The molecule has 1 fully saturated rings. The molecule has 0 radical (unpaired) electrons. The first-order valence-electron chi connectivity index (χ1n) is 16.8. The topological polar surface area (TPSA) is 239 Å². The molecule has 1 aliphatic rings. The normalized spacial score (nSPS) is 25.5. The molecule has 0 bridgehead atoms. The van der Waals surface area contributed by atoms with E-state index in [0.717, 1.165) is 0 Å². The molecular weight excluding hydrogens is 649 g/mol. The van der Waals surface area contributed by atoms with Gasteiger partial charge in [-0.25, -0.2) is 4.57 Å². The summed E-state index contributed by atoms with van der Waals surface area (Å²) in [5.74, 6) is -0.749. The van der Waals surface area contributed by atoms with Crippen molar-refractivity contribution in [2.45, 2.75) is 161 Å². The molecule has 0 saturated carbocycles. The predicted octanol–water partition coefficient (Wildman–Crippen LogP) is 2.20. The number of aliphatic hydroxyl groups is 4. The fraction of sp³-hybridized carbons (Fsp3) is 0.938. The van der Waals surface area contributed by atoms with E-state index in [0.29, 0.717) is 51.5 Å². The molecule has 1 aliphatic heterocycles. The van der Waals surface area contributed by atoms with E-state index in [1.807, 2.05) is 20.8 Å². The lowest BCUT2D eigenvalue weighted by Crippen LogP contribution is -2.63. The molecule has 16 heteroatoms. The highest BCUT2D eigenvalue weighted by atomic mass is 31.2. The first-order chi connectivity index (χ1) is 21.7. The fourth-order valence-electron chi connectivity index (χ4n) is 5.61. The summed E-state index contributed by atoms with van der Waals surface area (Å²) in [6, 6.07) is -1.07. The van der Waals surface area contributed by atoms with Crippen LogP contribution in [-0.4, -0.2) is 104 Å². The third-order valence-corrected chi connectivity index (χ3v) is 9.08. The van der Waals surface area contributed by atoms with Crippen molar-refractivity contribution in [3.63, 3.8) is 0 Å². The van der Waals surface area contributed by atoms with E-state index in [1.165, 1.54) is 6.92 Å². The number of carbonyl (C=O) groups excluding carboxylic acids is 2. The van der Waals surface area contributed by atoms with Crippen LogP contribution in [0.1, 0.15) is 114 Å². The van der Waals surface area contributed by atoms with E-state index in [4.69, 9.17) is 24.3 Å². The van der Waals surface area contributed by atoms with Crippen LogP contribution < -0.4 is 16.4 Å². The van der Waals surface area contributed by atoms with Gasteiger partial charge in [-0.15, -0.1) is 0 Å². The number of hydrogen-bond donors (Lipinski definition) is 8. The standard InChI is InChI=1S/C32H64N3O12P/c1-21(36)35-24-25(38)26(39)27(40)46-28(24)44-17-11-10-12-23(37)34-20-30(5,6)19-32(9,33)16-14-22(13-15-31(7,8)41)18-45-48(42,43)47-29(2,3)4/h22,24-28,38-41H,10-20,33H2,1-9H3,(H,34,37)(H,35,36)(H,42,43)/t22?,24?,25-,26-,27?,28?,32?/m1/s1. The van der Waals surface area contributed by atoms with E-state index < -0.39 is 61.3 Å². The highest BCUT2D eigenvalue weighted by Gasteiger charge is 2.45. The predicted molar refractivity (Wildman–Crippen MR) is 179 cm³/mol. The Labute approximate surface area is 286 Å². The molecule has 2 amide bonds. The van der Waals surface area contributed by atoms with Crippen LogP contribution in [0, 0.1) is 11.3 Å². The molecule has 0 spiro atoms. The van der Waals surface area contributed by atoms with Gasteiger partial charge in [0.05, 0.1) is 17.8 Å². The Balaban J connectivity index is 2.55. The quantitative estimate of drug-likeness (QED) is 0.0630. The zero-order valence-electron chi connectivity index (χ0n) is 30.4. The van der Waals surface area contributed by atoms with E-state index in [2.05, 4.69) is 10.6 Å². The van der Waals surface area contributed by atoms with Gasteiger partial charge in [-0.05, 0) is 97.8 Å². The van der Waals surface area contributed by atoms with Crippen molar-refractivity contribution in [3.05, 3.63) is 0 Å². The van der Waals surface area contributed by atoms with Gasteiger partial charge in [0, 0.05) is 32.0 Å². The Morgan fingerprint density at radius 1 is 0.979 bits per heavy atom. The molecule has 9 N–H and O–H groups in total. The van der Waals surface area contributed by atoms with Gasteiger partial charge in [-0.3, -0.25) is 18.6 Å². The third-order valence-electron chi connectivity index (χ3n) is 7.82. The van der Waals surface area contributed by atoms with E-state index >= 15 is 0 Å². The van der Waals surface area contributed by atoms with E-state index in [9.17, 15) is 39.5 Å². The molecule has 8 atom stereocenters. The molecule has 0 aromatic rings. The largest absolute Gasteiger partial charge is 0.472 e. The van der Waals surface area contributed by atoms with Crippen molar-refractivity contribution in [2.24, 2.45) is 17.1 Å². The highest BCUT2D eigenvalue weighted by Crippen LogP contribution is 2.48. The van der Waals surface area contributed by atoms with Crippen LogP contribution in [0.2, 0.25) is 0 Å². The Morgan fingerprint density at radius 2 is 1.58 bits per heavy atom. The average molecular weight is 714 g/mol. The lowest BCUT2D eigenvalue weighted by Gasteiger charge is -2.40. The van der Waals surface area contributed by atoms with Gasteiger partial charge in [0.2, 0.25) is 11.8 Å². The van der Waals surface area contributed by atoms with Crippen molar-refractivity contribution in [2.75, 3.05) is 19.8 Å². The smallest absolute Gasteiger partial charge is 0.390 e. The maximum Gasteiger partial charge on any atom is 0.472 e. The van der Waals surface area contributed by atoms with Gasteiger partial charge in [0.15, 0.2) is 12.6 Å². The summed E-state index contributed by atoms with van der Waals surface area (Å²) in [4.78, 5) is 34.2. The minimum Gasteiger partial charge on any atom is -0.390 e. The summed E-state index contributed by atoms with van der Waals surface area (Å²) in [5, 5.41) is 45.5. The van der Waals surface area contributed by atoms with Gasteiger partial charge in [-0.2, -0.15) is 0 Å². The average Bonchev–Trinajstić information content (AvgIpc) is 2.89. The lowest BCUT2D eigenvalue weighted by molar-refractivity contribution is -0.315. The second kappa shape index (κ2) is 18.8. The zero-order valence-corrected chi connectivity index (χ0v) is 31.3. The lowest BCUT2D eigenvalue weighted by atomic mass is 9.76. The molecule has 1 heterocycles. The second-order valence-corrected chi connectivity index (χ2v) is 17.3. The maximum absolute atomic E-state index is 12.6. The molecule has 0 aliphatic carbocycles. The summed E-state index contributed by atoms with van der Waals surface area (Å²) in [5.41, 5.74) is 4.00. The number of phosphoric acid groups is 1. The molecule has 6 unspecified atom stereocenters. The monoisotopic (exact) mass is 713 g/mol. The van der Waals surface area contributed by atoms with Gasteiger partial charge in [-0.1, -0.05) is 13.8 Å². The second-order valence-electron chi connectivity index (χ2n) is 15.9. The van der Waals surface area contributed by atoms with Gasteiger partial charge < -0.3 is 51.2 Å². The molecule has 48 heavy (non-hydrogen) atoms. The molecular formula is C32H64N3O12P. The molecule has 0 aromatic carbocycles. The van der Waals surface area contributed by atoms with Gasteiger partial charge >= 0.3 is 7.82 Å². The Bertz CT molecular complexity index is 1050. The van der Waals surface area contributed by atoms with Gasteiger partial charge in [0.1, 0.15) is 18.2 Å². The van der Waals surface area contributed by atoms with Gasteiger partial charge in [0.25, 0.3) is 0 Å². The Hall–Kier alpha value is -1.23. The summed E-state index contributed by atoms with van der Waals surface area (Å²) in [6.07, 6.45) is -1.94. The summed E-state index contributed by atoms with van der Waals surface area (Å²) in [7, 11) is -4.27. The third kappa shape index (κ3) is 19.2. The fourth-order valence-corrected chi connectivity index (χ4v) is 6.75. The number of nitrogens with one attached hydrogen (secondary N) is 2. The van der Waals surface area contributed by atoms with Crippen LogP contribution in [0.25, 0.3) is 0 Å². The Morgan fingerprint density at radius 3 is 2.15 bits per heavy atom. The van der Waals surface area contributed by atoms with Crippen LogP contribution in [0.15, 0.2) is 0 Å². The SMILES string of the molecule is CC(=O)NC1C(OCCCCC(=O)NCC(C)(C)CC(C)(N)CCC(CCC(C)(C)O)COP(=O)(O)OC(C)(C)C)OC(O)[C@H](O)[C@@H]1O. The summed E-state index contributed by atoms with van der Waals surface area (Å²) in [6.45, 7) is 16.1. The first kappa shape index (κ1) is 44.8. The van der Waals surface area contributed by atoms with Crippen LogP contribution in [0.5, 0.6) is 0 Å². The molecule has 284 valence electrons. The van der Waals surface area contributed by atoms with Crippen molar-refractivity contribution < 1.29 is 58.0 Å². The number of hydrogen-bond acceptors (Lipinski definition) is 12. The number of aliphatic hydroxyl groups excluding tert-OH is 3. The minimum absolute atomic E-state index is 0.0168. The van der Waals surface area contributed by atoms with E-state index in [-0.39, 0.29) is 36.9 Å². The van der Waals surface area contributed by atoms with E-state index in [1.54, 1.807) is 34.6 Å². The number of amides is 2. The number of rotatable bonds is 21. The number of unbranched alkanes of at least 4 members (excludes halogenated alkanes) is 1. The minimum atomic E-state index is -4.27. The van der Waals surface area contributed by atoms with Crippen molar-refractivity contribution in [1.82, 2.24) is 10.6 Å². The first-order valence-corrected chi connectivity index (χ1v) is 18.2. The number of ether oxygens (including phenoxy) is 2. The zero-order chi connectivity index (χ0) is 37.1. The van der Waals surface area contributed by atoms with Crippen LogP contribution in [0.4, 0.5) is 0 Å². The molecule has 0 aromatic heterocycles. The molecule has 1 rings (SSSR count). The van der Waals surface area contributed by atoms with Crippen LogP contribution >= 0.6 is 7.82 Å². The number of phosphoric ester groups is 1. The molecule has 1 saturated heterocycles. The summed E-state index contributed by atoms with van der Waals surface area (Å²) >= 11 is 0. The van der Waals surface area contributed by atoms with Crippen molar-refractivity contribution in [1.29, 1.82) is 0 Å².